The fourth-order valence-electron chi connectivity index (χ4n) is 9.13. The van der Waals surface area contributed by atoms with Gasteiger partial charge in [-0.2, -0.15) is 0 Å². The van der Waals surface area contributed by atoms with Crippen molar-refractivity contribution in [2.24, 2.45) is 5.92 Å². The van der Waals surface area contributed by atoms with Crippen molar-refractivity contribution in [1.29, 1.82) is 0 Å². The van der Waals surface area contributed by atoms with E-state index in [1.807, 2.05) is 0 Å². The van der Waals surface area contributed by atoms with E-state index in [1.165, 1.54) is 83.5 Å². The zero-order valence-electron chi connectivity index (χ0n) is 31.1. The third-order valence-electron chi connectivity index (χ3n) is 11.6. The molecular weight excluding hydrogens is 719 g/mol. The van der Waals surface area contributed by atoms with Gasteiger partial charge < -0.3 is 0 Å². The Hall–Kier alpha value is -1.96. The number of hydrogen-bond donors (Lipinski definition) is 0. The molecule has 0 nitrogen and oxygen atoms in total. The molecule has 0 aromatic heterocycles. The Morgan fingerprint density at radius 2 is 1.33 bits per heavy atom. The van der Waals surface area contributed by atoms with Crippen LogP contribution in [0.2, 0.25) is 13.1 Å². The van der Waals surface area contributed by atoms with E-state index < -0.39 is 21.5 Å². The summed E-state index contributed by atoms with van der Waals surface area (Å²) in [6.45, 7) is 27.7. The van der Waals surface area contributed by atoms with E-state index in [0.717, 1.165) is 0 Å². The van der Waals surface area contributed by atoms with Crippen molar-refractivity contribution in [3.63, 3.8) is 0 Å². The van der Waals surface area contributed by atoms with Gasteiger partial charge in [0.2, 0.25) is 0 Å². The minimum atomic E-state index is -4.87. The SMILES string of the molecule is CC1=Cc2c(-c3c(C)cc(C)cc3C)ccc(C)c2[CH]1[Zr]([Cl])([Cl])([CH]1C(C(C)C)=Cc2c(-c3ccc(C(C)(C)C)cc3)cccc21)[SiH](C)C. The number of halogens is 2. The first-order valence-electron chi connectivity index (χ1n) is 17.8. The molecule has 4 aromatic carbocycles. The molecule has 0 heterocycles. The Morgan fingerprint density at radius 3 is 1.90 bits per heavy atom. The number of fused-ring (bicyclic) bond motifs is 2. The van der Waals surface area contributed by atoms with Crippen molar-refractivity contribution in [2.45, 2.75) is 95.0 Å². The Kier molecular flexibility index (Phi) is 9.24. The summed E-state index contributed by atoms with van der Waals surface area (Å²) in [7, 11) is 17.4. The summed E-state index contributed by atoms with van der Waals surface area (Å²) in [5.41, 5.74) is 20.1. The van der Waals surface area contributed by atoms with E-state index in [-0.39, 0.29) is 12.7 Å². The third kappa shape index (κ3) is 5.57. The van der Waals surface area contributed by atoms with Crippen molar-refractivity contribution in [2.75, 3.05) is 0 Å². The molecule has 0 amide bonds. The monoisotopic (exact) mass is 769 g/mol. The average Bonchev–Trinajstić information content (AvgIpc) is 3.58. The predicted octanol–water partition coefficient (Wildman–Crippen LogP) is 13.8. The second kappa shape index (κ2) is 12.4. The molecule has 0 saturated heterocycles. The molecule has 0 fully saturated rings. The van der Waals surface area contributed by atoms with E-state index in [4.69, 9.17) is 17.0 Å². The second-order valence-electron chi connectivity index (χ2n) is 16.6. The van der Waals surface area contributed by atoms with Gasteiger partial charge >= 0.3 is 302 Å². The Morgan fingerprint density at radius 1 is 0.708 bits per heavy atom. The van der Waals surface area contributed by atoms with Crippen molar-refractivity contribution in [3.05, 3.63) is 128 Å². The standard InChI is InChI=1S/C22H25.C20H21.C2H7Si.2ClH.Zr/c1-15(2)18-13-17-7-6-8-20(21(17)14-18)16-9-11-19(12-10-16)22(3,4)5;1-12-8-15(4)20(16(5)9-12)17-7-6-14(3)18-10-13(2)11-19(17)18;1-3-2;;;/h6-15H,1-5H3;6-11H,1-5H3;3H,1-2H3;2*1H;/q;;;;;+2/p-2. The molecule has 0 bridgehead atoms. The second-order valence-corrected chi connectivity index (χ2v) is 59.1. The zero-order valence-corrected chi connectivity index (χ0v) is 36.2. The van der Waals surface area contributed by atoms with Gasteiger partial charge in [0.05, 0.1) is 0 Å². The molecule has 251 valence electrons. The van der Waals surface area contributed by atoms with E-state index in [2.05, 4.69) is 161 Å². The Labute approximate surface area is 299 Å². The van der Waals surface area contributed by atoms with Gasteiger partial charge in [0, 0.05) is 0 Å². The van der Waals surface area contributed by atoms with Crippen molar-refractivity contribution in [1.82, 2.24) is 0 Å². The summed E-state index contributed by atoms with van der Waals surface area (Å²) in [5, 5.41) is 0. The maximum absolute atomic E-state index is 8.71. The Balaban J connectivity index is 1.58. The summed E-state index contributed by atoms with van der Waals surface area (Å²) in [5.74, 6) is -1.31. The van der Waals surface area contributed by atoms with Crippen LogP contribution in [0.3, 0.4) is 0 Å². The predicted molar refractivity (Wildman–Crippen MR) is 214 cm³/mol. The molecule has 48 heavy (non-hydrogen) atoms. The van der Waals surface area contributed by atoms with Gasteiger partial charge in [-0.15, -0.1) is 0 Å². The van der Waals surface area contributed by atoms with Gasteiger partial charge in [-0.1, -0.05) is 0 Å². The Bertz CT molecular complexity index is 1980. The number of aryl methyl sites for hydroxylation is 4. The molecule has 2 aliphatic rings. The quantitative estimate of drug-likeness (QED) is 0.171. The summed E-state index contributed by atoms with van der Waals surface area (Å²) >= 11 is -4.87. The summed E-state index contributed by atoms with van der Waals surface area (Å²) < 4.78 is 0.158. The first kappa shape index (κ1) is 35.9. The fraction of sp³-hybridized carbons (Fsp3) is 0.364. The first-order chi connectivity index (χ1) is 22.4. The van der Waals surface area contributed by atoms with E-state index >= 15 is 0 Å². The summed E-state index contributed by atoms with van der Waals surface area (Å²) in [4.78, 5) is 0. The number of rotatable bonds is 6. The van der Waals surface area contributed by atoms with Crippen LogP contribution in [0.1, 0.15) is 98.9 Å². The first-order valence-corrected chi connectivity index (χ1v) is 34.1. The minimum absolute atomic E-state index is 0.0790. The molecule has 0 saturated carbocycles. The summed E-state index contributed by atoms with van der Waals surface area (Å²) in [6, 6.07) is 25.4. The van der Waals surface area contributed by atoms with Crippen LogP contribution in [-0.2, 0) is 21.0 Å². The molecule has 2 atom stereocenters. The third-order valence-corrected chi connectivity index (χ3v) is 63.5. The molecule has 2 unspecified atom stereocenters. The molecule has 0 radical (unpaired) electrons. The number of allylic oxidation sites excluding steroid dienone is 2. The van der Waals surface area contributed by atoms with E-state index in [1.54, 1.807) is 0 Å². The van der Waals surface area contributed by atoms with Crippen LogP contribution in [0.15, 0.2) is 77.9 Å². The van der Waals surface area contributed by atoms with Gasteiger partial charge in [0.1, 0.15) is 0 Å². The molecule has 2 aliphatic carbocycles. The van der Waals surface area contributed by atoms with Crippen LogP contribution in [0.5, 0.6) is 0 Å². The normalized spacial score (nSPS) is 18.5. The molecule has 4 aromatic rings. The number of benzene rings is 4. The van der Waals surface area contributed by atoms with E-state index in [9.17, 15) is 0 Å². The van der Waals surface area contributed by atoms with E-state index in [0.29, 0.717) is 5.92 Å². The molecule has 6 rings (SSSR count). The molecular formula is C44H53Cl2SiZr. The maximum atomic E-state index is 8.71. The number of hydrogen-bond acceptors (Lipinski definition) is 0. The molecule has 4 heteroatoms. The fourth-order valence-corrected chi connectivity index (χ4v) is 41.4. The van der Waals surface area contributed by atoms with Gasteiger partial charge in [-0.05, 0) is 0 Å². The van der Waals surface area contributed by atoms with Crippen LogP contribution < -0.4 is 0 Å². The molecule has 0 aliphatic heterocycles. The van der Waals surface area contributed by atoms with Crippen LogP contribution >= 0.6 is 17.0 Å². The van der Waals surface area contributed by atoms with Crippen LogP contribution in [-0.4, -0.2) is 5.92 Å². The van der Waals surface area contributed by atoms with Crippen LogP contribution in [0.4, 0.5) is 0 Å². The van der Waals surface area contributed by atoms with Gasteiger partial charge in [-0.25, -0.2) is 0 Å². The van der Waals surface area contributed by atoms with Crippen molar-refractivity contribution >= 4 is 35.1 Å². The van der Waals surface area contributed by atoms with Crippen molar-refractivity contribution < 1.29 is 15.6 Å². The van der Waals surface area contributed by atoms with Gasteiger partial charge in [-0.3, -0.25) is 0 Å². The average molecular weight is 772 g/mol. The van der Waals surface area contributed by atoms with Gasteiger partial charge in [0.15, 0.2) is 0 Å². The van der Waals surface area contributed by atoms with Crippen molar-refractivity contribution in [3.8, 4) is 22.3 Å². The molecule has 0 spiro atoms. The summed E-state index contributed by atoms with van der Waals surface area (Å²) in [6.07, 6.45) is 4.95. The van der Waals surface area contributed by atoms with Gasteiger partial charge in [0.25, 0.3) is 0 Å². The van der Waals surface area contributed by atoms with Crippen LogP contribution in [0.25, 0.3) is 34.4 Å². The zero-order chi connectivity index (χ0) is 35.1. The van der Waals surface area contributed by atoms with Crippen LogP contribution in [0, 0.1) is 33.6 Å². The topological polar surface area (TPSA) is 0 Å². The molecule has 0 N–H and O–H groups in total.